The quantitative estimate of drug-likeness (QED) is 0.146. The first-order valence-corrected chi connectivity index (χ1v) is 45.4. The van der Waals surface area contributed by atoms with E-state index in [1.165, 1.54) is 93.2 Å². The number of pyridine rings is 2. The van der Waals surface area contributed by atoms with E-state index < -0.39 is 21.7 Å². The van der Waals surface area contributed by atoms with Gasteiger partial charge < -0.3 is 9.47 Å². The van der Waals surface area contributed by atoms with Crippen LogP contribution in [0.2, 0.25) is 0 Å². The van der Waals surface area contributed by atoms with Crippen LogP contribution in [0.25, 0.3) is 104 Å². The highest BCUT2D eigenvalue weighted by Gasteiger charge is 2.57. The molecule has 4 aromatic heterocycles. The molecule has 6 aliphatic rings. The standard InChI is InChI=1S/C117H80N6O2S2/c1-112(2)81-29-7-12-34-87(81)117(92-37-15-21-45-103(92)125-107-79(27-23-39-94(107)117)69-47-50-72(51-48-69)110-121-122-111(127-110)76-57-62-88-97(67-76)114(5,6)82-30-8-10-32-85(82)115(88)90-35-13-19-43-101(90)124-102-44-20-14-36-91(102)115)98-66-75(56-60-84(98)112)109-120-99-41-17-18-42-100(99)123(109)78-58-53-70(54-59-78)80-28-24-40-95-108(80)126-104-46-22-16-38-93(104)116(95)86-33-11-9-31-83(86)113(3,4)96-65-73(55-61-89(96)116)77-64-74-52-49-71-26-25-63-118-105(71)106(74)119-68-77/h7-68H,1-6H3. The maximum absolute atomic E-state index is 7.46. The largest absolute Gasteiger partial charge is 0.457 e. The molecule has 3 spiro atoms. The Bertz CT molecular complexity index is 8090. The molecule has 0 saturated heterocycles. The highest BCUT2D eigenvalue weighted by Crippen LogP contribution is 2.67. The highest BCUT2D eigenvalue weighted by molar-refractivity contribution is 7.99. The Labute approximate surface area is 744 Å². The molecule has 0 radical (unpaired) electrons. The van der Waals surface area contributed by atoms with Crippen LogP contribution >= 0.6 is 23.1 Å². The molecule has 3 aliphatic heterocycles. The number of para-hydroxylation sites is 6. The van der Waals surface area contributed by atoms with Crippen molar-refractivity contribution in [2.45, 2.75) is 83.8 Å². The number of fused-ring (bicyclic) bond motifs is 28. The molecule has 20 aromatic rings. The fourth-order valence-corrected chi connectivity index (χ4v) is 25.5. The van der Waals surface area contributed by atoms with Crippen molar-refractivity contribution >= 4 is 55.9 Å². The molecule has 3 aliphatic carbocycles. The Morgan fingerprint density at radius 3 is 1.41 bits per heavy atom. The smallest absolute Gasteiger partial charge is 0.148 e. The van der Waals surface area contributed by atoms with Crippen molar-refractivity contribution in [2.75, 3.05) is 0 Å². The van der Waals surface area contributed by atoms with E-state index in [9.17, 15) is 0 Å². The zero-order chi connectivity index (χ0) is 84.6. The summed E-state index contributed by atoms with van der Waals surface area (Å²) in [7, 11) is 0. The lowest BCUT2D eigenvalue weighted by molar-refractivity contribution is 0.425. The van der Waals surface area contributed by atoms with Gasteiger partial charge in [-0.05, 0) is 179 Å². The molecule has 0 bridgehead atoms. The van der Waals surface area contributed by atoms with E-state index in [4.69, 9.17) is 34.6 Å². The van der Waals surface area contributed by atoms with Crippen molar-refractivity contribution in [2.24, 2.45) is 0 Å². The molecule has 7 heterocycles. The van der Waals surface area contributed by atoms with E-state index in [-0.39, 0.29) is 10.8 Å². The van der Waals surface area contributed by atoms with Crippen LogP contribution in [0, 0.1) is 0 Å². The number of ether oxygens (including phenoxy) is 2. The SMILES string of the molecule is CC1(C)c2ccccc2C2(c3ccccc3Oc3ccccc32)c2ccc(-c3nnc(-c4ccc(-c5cccc6c5Oc5ccccc5C65c6ccccc6C(C)(C)c6ccc(-c7nc8ccccc8n7-c7ccc(-c8cccc9c8Sc8ccccc8C98c9ccccc9C(C)(C)c9cc(-c%10cnc%11c(ccc%12cccnc%12%11)c%10)ccc98)cc7)cc65)cc4)s3)cc21. The molecule has 0 N–H and O–H groups in total. The zero-order valence-corrected chi connectivity index (χ0v) is 72.2. The molecule has 602 valence electrons. The van der Waals surface area contributed by atoms with Gasteiger partial charge in [0.2, 0.25) is 0 Å². The number of benzene rings is 16. The Hall–Kier alpha value is -14.7. The fraction of sp³-hybridized carbons (Fsp3) is 0.103. The first kappa shape index (κ1) is 73.8. The first-order valence-electron chi connectivity index (χ1n) is 43.8. The van der Waals surface area contributed by atoms with Crippen molar-refractivity contribution in [1.29, 1.82) is 0 Å². The predicted molar refractivity (Wildman–Crippen MR) is 513 cm³/mol. The van der Waals surface area contributed by atoms with Crippen LogP contribution in [0.3, 0.4) is 0 Å². The number of rotatable bonds is 7. The Morgan fingerprint density at radius 1 is 0.291 bits per heavy atom. The summed E-state index contributed by atoms with van der Waals surface area (Å²) >= 11 is 3.52. The van der Waals surface area contributed by atoms with Crippen LogP contribution in [0.15, 0.2) is 386 Å². The molecule has 2 atom stereocenters. The summed E-state index contributed by atoms with van der Waals surface area (Å²) < 4.78 is 16.6. The lowest BCUT2D eigenvalue weighted by atomic mass is 9.53. The second-order valence-corrected chi connectivity index (χ2v) is 38.5. The van der Waals surface area contributed by atoms with Crippen LogP contribution in [-0.4, -0.2) is 29.7 Å². The molecule has 16 aromatic carbocycles. The van der Waals surface area contributed by atoms with E-state index in [0.717, 1.165) is 144 Å². The molecule has 10 heteroatoms. The number of nitrogens with zero attached hydrogens (tertiary/aromatic N) is 6. The van der Waals surface area contributed by atoms with E-state index in [1.807, 2.05) is 30.2 Å². The van der Waals surface area contributed by atoms with Crippen LogP contribution in [0.1, 0.15) is 142 Å². The van der Waals surface area contributed by atoms with Gasteiger partial charge in [-0.2, -0.15) is 0 Å². The average molecular weight is 1670 g/mol. The summed E-state index contributed by atoms with van der Waals surface area (Å²) in [4.78, 5) is 18.1. The van der Waals surface area contributed by atoms with E-state index in [2.05, 4.69) is 404 Å². The topological polar surface area (TPSA) is 87.8 Å². The minimum atomic E-state index is -0.841. The van der Waals surface area contributed by atoms with Crippen LogP contribution in [-0.2, 0) is 32.5 Å². The number of hydrogen-bond acceptors (Lipinski definition) is 9. The van der Waals surface area contributed by atoms with Gasteiger partial charge in [-0.15, -0.1) is 10.2 Å². The first-order chi connectivity index (χ1) is 62.2. The molecule has 127 heavy (non-hydrogen) atoms. The molecule has 0 saturated carbocycles. The van der Waals surface area contributed by atoms with Crippen molar-refractivity contribution in [1.82, 2.24) is 29.7 Å². The molecular formula is C117H80N6O2S2. The zero-order valence-electron chi connectivity index (χ0n) is 70.6. The predicted octanol–water partition coefficient (Wildman–Crippen LogP) is 28.7. The molecular weight excluding hydrogens is 1590 g/mol. The third kappa shape index (κ3) is 10.1. The lowest BCUT2D eigenvalue weighted by Crippen LogP contribution is -2.43. The average Bonchev–Trinajstić information content (AvgIpc) is 1.22. The Kier molecular flexibility index (Phi) is 15.6. The van der Waals surface area contributed by atoms with Gasteiger partial charge in [-0.3, -0.25) is 14.5 Å². The molecule has 26 rings (SSSR count). The maximum atomic E-state index is 7.46. The van der Waals surface area contributed by atoms with Crippen molar-refractivity contribution < 1.29 is 9.47 Å². The number of hydrogen-bond donors (Lipinski definition) is 0. The van der Waals surface area contributed by atoms with Crippen molar-refractivity contribution in [3.63, 3.8) is 0 Å². The van der Waals surface area contributed by atoms with Gasteiger partial charge >= 0.3 is 0 Å². The summed E-state index contributed by atoms with van der Waals surface area (Å²) in [5.74, 6) is 4.25. The van der Waals surface area contributed by atoms with Gasteiger partial charge in [0, 0.05) is 105 Å². The highest BCUT2D eigenvalue weighted by atomic mass is 32.2. The summed E-state index contributed by atoms with van der Waals surface area (Å²) in [6.45, 7) is 14.3. The summed E-state index contributed by atoms with van der Waals surface area (Å²) in [6, 6.07) is 135. The molecule has 0 amide bonds. The minimum Gasteiger partial charge on any atom is -0.457 e. The number of aromatic nitrogens is 6. The monoisotopic (exact) mass is 1660 g/mol. The summed E-state index contributed by atoms with van der Waals surface area (Å²) in [6.07, 6.45) is 3.89. The van der Waals surface area contributed by atoms with Crippen LogP contribution in [0.4, 0.5) is 0 Å². The van der Waals surface area contributed by atoms with Gasteiger partial charge in [0.1, 0.15) is 38.8 Å². The third-order valence-electron chi connectivity index (χ3n) is 29.1. The van der Waals surface area contributed by atoms with Gasteiger partial charge in [0.05, 0.1) is 38.3 Å². The second-order valence-electron chi connectivity index (χ2n) is 36.4. The second kappa shape index (κ2) is 26.9. The van der Waals surface area contributed by atoms with Gasteiger partial charge in [0.25, 0.3) is 0 Å². The maximum Gasteiger partial charge on any atom is 0.148 e. The summed E-state index contributed by atoms with van der Waals surface area (Å²) in [5.41, 5.74) is 33.5. The number of imidazole rings is 1. The normalized spacial score (nSPS) is 17.1. The minimum absolute atomic E-state index is 0.340. The summed E-state index contributed by atoms with van der Waals surface area (Å²) in [5, 5.41) is 13.8. The Morgan fingerprint density at radius 2 is 0.740 bits per heavy atom. The molecule has 2 unspecified atom stereocenters. The van der Waals surface area contributed by atoms with Crippen molar-refractivity contribution in [3.8, 4) is 94.6 Å². The van der Waals surface area contributed by atoms with Crippen LogP contribution < -0.4 is 9.47 Å². The molecule has 0 fully saturated rings. The van der Waals surface area contributed by atoms with Gasteiger partial charge in [0.15, 0.2) is 0 Å². The van der Waals surface area contributed by atoms with Crippen molar-refractivity contribution in [3.05, 3.63) is 477 Å². The van der Waals surface area contributed by atoms with Gasteiger partial charge in [-0.25, -0.2) is 4.98 Å². The lowest BCUT2D eigenvalue weighted by Gasteiger charge is -2.50. The van der Waals surface area contributed by atoms with E-state index in [0.29, 0.717) is 0 Å². The molecule has 8 nitrogen and oxygen atoms in total. The van der Waals surface area contributed by atoms with Gasteiger partial charge in [-0.1, -0.05) is 350 Å². The fourth-order valence-electron chi connectivity index (χ4n) is 23.3. The van der Waals surface area contributed by atoms with E-state index >= 15 is 0 Å². The third-order valence-corrected chi connectivity index (χ3v) is 31.3. The van der Waals surface area contributed by atoms with Crippen LogP contribution in [0.5, 0.6) is 23.0 Å². The Balaban J connectivity index is 0.570. The van der Waals surface area contributed by atoms with E-state index in [1.54, 1.807) is 11.3 Å².